The molecule has 0 radical (unpaired) electrons. The number of benzene rings is 2. The van der Waals surface area contributed by atoms with Crippen molar-refractivity contribution < 1.29 is 9.50 Å². The first kappa shape index (κ1) is 19.1. The summed E-state index contributed by atoms with van der Waals surface area (Å²) in [6.07, 6.45) is 5.23. The van der Waals surface area contributed by atoms with Crippen LogP contribution in [0.4, 0.5) is 4.39 Å². The molecule has 2 aromatic carbocycles. The normalized spacial score (nSPS) is 11.5. The molecule has 160 valence electrons. The number of halogens is 1. The summed E-state index contributed by atoms with van der Waals surface area (Å²) >= 11 is 0. The number of aromatic amines is 2. The monoisotopic (exact) mass is 436 g/mol. The van der Waals surface area contributed by atoms with Crippen molar-refractivity contribution in [1.82, 2.24) is 30.1 Å². The second-order valence-electron chi connectivity index (χ2n) is 7.86. The van der Waals surface area contributed by atoms with E-state index in [9.17, 15) is 9.50 Å². The van der Waals surface area contributed by atoms with Gasteiger partial charge < -0.3 is 10.1 Å². The van der Waals surface area contributed by atoms with E-state index in [0.29, 0.717) is 33.8 Å². The van der Waals surface area contributed by atoms with Gasteiger partial charge in [0, 0.05) is 41.2 Å². The Hall–Kier alpha value is -4.59. The highest BCUT2D eigenvalue weighted by atomic mass is 19.1. The fourth-order valence-electron chi connectivity index (χ4n) is 4.12. The van der Waals surface area contributed by atoms with Crippen LogP contribution in [0.25, 0.3) is 55.8 Å². The number of H-pyrrole nitrogens is 2. The van der Waals surface area contributed by atoms with E-state index in [1.165, 1.54) is 12.1 Å². The van der Waals surface area contributed by atoms with E-state index in [1.807, 2.05) is 31.3 Å². The molecule has 0 fully saturated rings. The number of imidazole rings is 1. The summed E-state index contributed by atoms with van der Waals surface area (Å²) in [7, 11) is 0. The van der Waals surface area contributed by atoms with E-state index >= 15 is 0 Å². The molecule has 3 N–H and O–H groups in total. The van der Waals surface area contributed by atoms with Gasteiger partial charge in [0.25, 0.3) is 0 Å². The van der Waals surface area contributed by atoms with Gasteiger partial charge in [-0.3, -0.25) is 10.1 Å². The first-order chi connectivity index (χ1) is 16.1. The van der Waals surface area contributed by atoms with Crippen LogP contribution in [0.15, 0.2) is 67.1 Å². The Morgan fingerprint density at radius 2 is 1.85 bits per heavy atom. The van der Waals surface area contributed by atoms with E-state index in [-0.39, 0.29) is 5.75 Å². The number of phenolic OH excluding ortho intramolecular Hbond substituents is 1. The van der Waals surface area contributed by atoms with Crippen LogP contribution >= 0.6 is 0 Å². The highest BCUT2D eigenvalue weighted by Crippen LogP contribution is 2.34. The summed E-state index contributed by atoms with van der Waals surface area (Å²) in [5.74, 6) is -0.130. The zero-order valence-electron chi connectivity index (χ0n) is 17.5. The predicted molar refractivity (Wildman–Crippen MR) is 124 cm³/mol. The second kappa shape index (κ2) is 7.23. The molecule has 7 nitrogen and oxygen atoms in total. The zero-order valence-corrected chi connectivity index (χ0v) is 17.5. The minimum atomic E-state index is -0.522. The Morgan fingerprint density at radius 1 is 0.939 bits per heavy atom. The molecular weight excluding hydrogens is 419 g/mol. The average molecular weight is 436 g/mol. The zero-order chi connectivity index (χ0) is 22.5. The van der Waals surface area contributed by atoms with Gasteiger partial charge in [-0.05, 0) is 60.0 Å². The third kappa shape index (κ3) is 3.20. The maximum absolute atomic E-state index is 13.9. The van der Waals surface area contributed by atoms with Gasteiger partial charge in [-0.1, -0.05) is 6.07 Å². The molecule has 0 aliphatic carbocycles. The number of fused-ring (bicyclic) bond motifs is 2. The lowest BCUT2D eigenvalue weighted by Gasteiger charge is -2.05. The minimum absolute atomic E-state index is 0.147. The van der Waals surface area contributed by atoms with E-state index in [0.717, 1.165) is 33.7 Å². The van der Waals surface area contributed by atoms with Gasteiger partial charge in [0.05, 0.1) is 11.0 Å². The summed E-state index contributed by atoms with van der Waals surface area (Å²) in [5, 5.41) is 18.3. The number of hydrogen-bond acceptors (Lipinski definition) is 5. The van der Waals surface area contributed by atoms with Crippen molar-refractivity contribution in [3.05, 3.63) is 78.5 Å². The number of pyridine rings is 2. The smallest absolute Gasteiger partial charge is 0.178 e. The third-order valence-electron chi connectivity index (χ3n) is 5.72. The van der Waals surface area contributed by atoms with E-state index in [4.69, 9.17) is 0 Å². The Morgan fingerprint density at radius 3 is 2.70 bits per heavy atom. The first-order valence-corrected chi connectivity index (χ1v) is 10.3. The first-order valence-electron chi connectivity index (χ1n) is 10.3. The van der Waals surface area contributed by atoms with Crippen LogP contribution in [-0.2, 0) is 0 Å². The molecule has 0 amide bonds. The van der Waals surface area contributed by atoms with Crippen molar-refractivity contribution in [2.75, 3.05) is 0 Å². The molecule has 4 heterocycles. The van der Waals surface area contributed by atoms with Crippen molar-refractivity contribution in [2.45, 2.75) is 6.92 Å². The van der Waals surface area contributed by atoms with Gasteiger partial charge in [0.15, 0.2) is 11.5 Å². The molecular formula is C25H17FN6O. The van der Waals surface area contributed by atoms with E-state index < -0.39 is 5.82 Å². The molecule has 6 aromatic rings. The highest BCUT2D eigenvalue weighted by Gasteiger charge is 2.17. The van der Waals surface area contributed by atoms with Crippen LogP contribution in [0, 0.1) is 12.7 Å². The summed E-state index contributed by atoms with van der Waals surface area (Å²) in [6.45, 7) is 2.05. The number of nitrogens with one attached hydrogen (secondary N) is 2. The fourth-order valence-corrected chi connectivity index (χ4v) is 4.12. The summed E-state index contributed by atoms with van der Waals surface area (Å²) in [4.78, 5) is 16.5. The van der Waals surface area contributed by atoms with Gasteiger partial charge in [0.1, 0.15) is 17.3 Å². The molecule has 33 heavy (non-hydrogen) atoms. The number of aromatic nitrogens is 6. The van der Waals surface area contributed by atoms with Gasteiger partial charge >= 0.3 is 0 Å². The van der Waals surface area contributed by atoms with Crippen LogP contribution < -0.4 is 0 Å². The summed E-state index contributed by atoms with van der Waals surface area (Å²) in [5.41, 5.74) is 7.04. The second-order valence-corrected chi connectivity index (χ2v) is 7.86. The average Bonchev–Trinajstić information content (AvgIpc) is 3.42. The van der Waals surface area contributed by atoms with Gasteiger partial charge in [-0.2, -0.15) is 5.10 Å². The van der Waals surface area contributed by atoms with Crippen molar-refractivity contribution in [2.24, 2.45) is 0 Å². The van der Waals surface area contributed by atoms with Crippen LogP contribution in [0.5, 0.6) is 5.75 Å². The SMILES string of the molecule is Cc1ccncc1-c1ccc2[nH]nc(-c3nc4nccc(-c5cc(O)cc(F)c5)c4[nH]3)c2c1. The Balaban J connectivity index is 1.52. The van der Waals surface area contributed by atoms with E-state index in [1.54, 1.807) is 18.5 Å². The molecule has 0 aliphatic rings. The molecule has 0 spiro atoms. The number of aryl methyl sites for hydroxylation is 1. The molecule has 0 bridgehead atoms. The van der Waals surface area contributed by atoms with Crippen LogP contribution in [0.2, 0.25) is 0 Å². The molecule has 8 heteroatoms. The van der Waals surface area contributed by atoms with Gasteiger partial charge in [-0.25, -0.2) is 14.4 Å². The molecule has 0 aliphatic heterocycles. The summed E-state index contributed by atoms with van der Waals surface area (Å²) in [6, 6.07) is 13.7. The summed E-state index contributed by atoms with van der Waals surface area (Å²) < 4.78 is 13.9. The van der Waals surface area contributed by atoms with Crippen molar-refractivity contribution in [3.8, 4) is 39.5 Å². The number of aromatic hydroxyl groups is 1. The molecule has 4 aromatic heterocycles. The predicted octanol–water partition coefficient (Wildman–Crippen LogP) is 5.38. The lowest BCUT2D eigenvalue weighted by Crippen LogP contribution is -1.86. The Kier molecular flexibility index (Phi) is 4.19. The van der Waals surface area contributed by atoms with E-state index in [2.05, 4.69) is 36.2 Å². The third-order valence-corrected chi connectivity index (χ3v) is 5.72. The number of rotatable bonds is 3. The highest BCUT2D eigenvalue weighted by molar-refractivity contribution is 5.97. The van der Waals surface area contributed by atoms with Gasteiger partial charge in [0.2, 0.25) is 0 Å². The Bertz CT molecular complexity index is 1650. The van der Waals surface area contributed by atoms with Crippen molar-refractivity contribution in [1.29, 1.82) is 0 Å². The Labute approximate surface area is 187 Å². The minimum Gasteiger partial charge on any atom is -0.508 e. The maximum atomic E-state index is 13.9. The number of nitrogens with zero attached hydrogens (tertiary/aromatic N) is 4. The molecule has 6 rings (SSSR count). The van der Waals surface area contributed by atoms with Gasteiger partial charge in [-0.15, -0.1) is 0 Å². The number of phenols is 1. The molecule has 0 unspecified atom stereocenters. The van der Waals surface area contributed by atoms with Crippen LogP contribution in [0.1, 0.15) is 5.56 Å². The quantitative estimate of drug-likeness (QED) is 0.345. The topological polar surface area (TPSA) is 103 Å². The largest absolute Gasteiger partial charge is 0.508 e. The number of hydrogen-bond donors (Lipinski definition) is 3. The lowest BCUT2D eigenvalue weighted by atomic mass is 10.0. The van der Waals surface area contributed by atoms with Crippen molar-refractivity contribution >= 4 is 22.1 Å². The molecule has 0 atom stereocenters. The lowest BCUT2D eigenvalue weighted by molar-refractivity contribution is 0.469. The van der Waals surface area contributed by atoms with Crippen LogP contribution in [-0.4, -0.2) is 35.2 Å². The molecule has 0 saturated carbocycles. The standard InChI is InChI=1S/C25H17FN6O/c1-13-4-6-27-12-20(13)14-2-3-21-19(10-14)23(32-31-21)25-29-22-18(5-7-28-24(22)30-25)15-8-16(26)11-17(33)9-15/h2-12,33H,1H3,(H,31,32)(H,28,29,30). The maximum Gasteiger partial charge on any atom is 0.178 e. The fraction of sp³-hybridized carbons (Fsp3) is 0.0400. The van der Waals surface area contributed by atoms with Crippen LogP contribution in [0.3, 0.4) is 0 Å². The van der Waals surface area contributed by atoms with Crippen molar-refractivity contribution in [3.63, 3.8) is 0 Å². The molecule has 0 saturated heterocycles.